The summed E-state index contributed by atoms with van der Waals surface area (Å²) in [6.45, 7) is 6.79. The van der Waals surface area contributed by atoms with Crippen LogP contribution in [0.5, 0.6) is 0 Å². The van der Waals surface area contributed by atoms with Crippen LogP contribution in [0.25, 0.3) is 0 Å². The van der Waals surface area contributed by atoms with Gasteiger partial charge in [-0.1, -0.05) is 64.7 Å². The van der Waals surface area contributed by atoms with Crippen LogP contribution in [-0.2, 0) is 15.9 Å². The number of aliphatic hydroxyl groups is 1. The molecule has 0 heterocycles. The van der Waals surface area contributed by atoms with E-state index in [1.807, 2.05) is 13.8 Å². The molecule has 0 spiro atoms. The molecule has 5 heteroatoms. The first-order chi connectivity index (χ1) is 14.9. The first kappa shape index (κ1) is 28.0. The predicted octanol–water partition coefficient (Wildman–Crippen LogP) is 7.54. The Labute approximate surface area is 188 Å². The standard InChI is InChI=1S/C26H44F2O3/c1-4-7-8-9-10-14-17-23(26(29,30-5-2)31-6-3)18-15-12-11-13-16-22-19-24(27)21-25(28)20-22/h19-21,23,29H,4-18H2,1-3H3. The topological polar surface area (TPSA) is 38.7 Å². The highest BCUT2D eigenvalue weighted by molar-refractivity contribution is 5.17. The summed E-state index contributed by atoms with van der Waals surface area (Å²) >= 11 is 0. The molecule has 1 unspecified atom stereocenters. The van der Waals surface area contributed by atoms with Gasteiger partial charge in [-0.2, -0.15) is 0 Å². The van der Waals surface area contributed by atoms with Crippen molar-refractivity contribution >= 4 is 0 Å². The van der Waals surface area contributed by atoms with Gasteiger partial charge < -0.3 is 14.6 Å². The summed E-state index contributed by atoms with van der Waals surface area (Å²) in [6.07, 6.45) is 13.6. The third-order valence-corrected chi connectivity index (χ3v) is 5.81. The fraction of sp³-hybridized carbons (Fsp3) is 0.769. The summed E-state index contributed by atoms with van der Waals surface area (Å²) < 4.78 is 37.9. The lowest BCUT2D eigenvalue weighted by Gasteiger charge is -2.35. The zero-order valence-electron chi connectivity index (χ0n) is 19.9. The molecule has 0 amide bonds. The smallest absolute Gasteiger partial charge is 0.283 e. The average Bonchev–Trinajstić information content (AvgIpc) is 2.71. The van der Waals surface area contributed by atoms with E-state index in [2.05, 4.69) is 6.92 Å². The van der Waals surface area contributed by atoms with Gasteiger partial charge in [0, 0.05) is 25.2 Å². The van der Waals surface area contributed by atoms with Gasteiger partial charge in [0.2, 0.25) is 0 Å². The zero-order chi connectivity index (χ0) is 23.0. The normalized spacial score (nSPS) is 13.0. The molecule has 0 aliphatic carbocycles. The predicted molar refractivity (Wildman–Crippen MR) is 123 cm³/mol. The second-order valence-electron chi connectivity index (χ2n) is 8.48. The Balaban J connectivity index is 2.44. The molecule has 1 N–H and O–H groups in total. The molecule has 0 radical (unpaired) electrons. The molecule has 0 saturated heterocycles. The van der Waals surface area contributed by atoms with Gasteiger partial charge in [-0.15, -0.1) is 0 Å². The van der Waals surface area contributed by atoms with Crippen LogP contribution in [0.2, 0.25) is 0 Å². The molecule has 3 nitrogen and oxygen atoms in total. The van der Waals surface area contributed by atoms with Crippen molar-refractivity contribution in [3.63, 3.8) is 0 Å². The van der Waals surface area contributed by atoms with Crippen LogP contribution in [-0.4, -0.2) is 24.3 Å². The van der Waals surface area contributed by atoms with Gasteiger partial charge in [0.25, 0.3) is 5.97 Å². The maximum atomic E-state index is 13.3. The summed E-state index contributed by atoms with van der Waals surface area (Å²) in [5.74, 6) is -2.58. The van der Waals surface area contributed by atoms with Crippen molar-refractivity contribution in [3.8, 4) is 0 Å². The summed E-state index contributed by atoms with van der Waals surface area (Å²) in [5, 5.41) is 11.0. The van der Waals surface area contributed by atoms with Gasteiger partial charge >= 0.3 is 0 Å². The molecule has 31 heavy (non-hydrogen) atoms. The summed E-state index contributed by atoms with van der Waals surface area (Å²) in [6, 6.07) is 3.72. The van der Waals surface area contributed by atoms with Crippen molar-refractivity contribution in [1.29, 1.82) is 0 Å². The van der Waals surface area contributed by atoms with Crippen molar-refractivity contribution < 1.29 is 23.4 Å². The Morgan fingerprint density at radius 3 is 1.74 bits per heavy atom. The van der Waals surface area contributed by atoms with Crippen LogP contribution in [0.4, 0.5) is 8.78 Å². The van der Waals surface area contributed by atoms with Crippen molar-refractivity contribution in [2.75, 3.05) is 13.2 Å². The third kappa shape index (κ3) is 12.0. The van der Waals surface area contributed by atoms with E-state index in [9.17, 15) is 13.9 Å². The number of aryl methyl sites for hydroxylation is 1. The Morgan fingerprint density at radius 2 is 1.23 bits per heavy atom. The van der Waals surface area contributed by atoms with Gasteiger partial charge in [0.15, 0.2) is 0 Å². The minimum absolute atomic E-state index is 0.0455. The van der Waals surface area contributed by atoms with Crippen molar-refractivity contribution in [2.24, 2.45) is 5.92 Å². The zero-order valence-corrected chi connectivity index (χ0v) is 19.9. The molecule has 0 aliphatic heterocycles. The SMILES string of the molecule is CCCCCCCCC(CCCCCCc1cc(F)cc(F)c1)C(O)(OCC)OCC. The summed E-state index contributed by atoms with van der Waals surface area (Å²) in [7, 11) is 0. The number of rotatable bonds is 19. The van der Waals surface area contributed by atoms with Crippen LogP contribution in [0.1, 0.15) is 103 Å². The fourth-order valence-electron chi connectivity index (χ4n) is 4.20. The number of unbranched alkanes of at least 4 members (excludes halogenated alkanes) is 8. The molecule has 1 atom stereocenters. The molecule has 0 bridgehead atoms. The first-order valence-electron chi connectivity index (χ1n) is 12.4. The molecular formula is C26H44F2O3. The summed E-state index contributed by atoms with van der Waals surface area (Å²) in [4.78, 5) is 0. The molecule has 0 saturated carbocycles. The minimum Gasteiger partial charge on any atom is -0.343 e. The second-order valence-corrected chi connectivity index (χ2v) is 8.48. The molecule has 180 valence electrons. The van der Waals surface area contributed by atoms with Gasteiger partial charge in [-0.3, -0.25) is 0 Å². The highest BCUT2D eigenvalue weighted by atomic mass is 19.1. The molecular weight excluding hydrogens is 398 g/mol. The Hall–Kier alpha value is -1.04. The highest BCUT2D eigenvalue weighted by Gasteiger charge is 2.37. The first-order valence-corrected chi connectivity index (χ1v) is 12.4. The van der Waals surface area contributed by atoms with Crippen LogP contribution < -0.4 is 0 Å². The van der Waals surface area contributed by atoms with E-state index in [1.54, 1.807) is 0 Å². The summed E-state index contributed by atoms with van der Waals surface area (Å²) in [5.41, 5.74) is 0.709. The monoisotopic (exact) mass is 442 g/mol. The lowest BCUT2D eigenvalue weighted by molar-refractivity contribution is -0.385. The number of benzene rings is 1. The molecule has 1 aromatic rings. The van der Waals surface area contributed by atoms with Crippen molar-refractivity contribution in [1.82, 2.24) is 0 Å². The lowest BCUT2D eigenvalue weighted by atomic mass is 9.91. The Bertz CT molecular complexity index is 554. The largest absolute Gasteiger partial charge is 0.343 e. The third-order valence-electron chi connectivity index (χ3n) is 5.81. The van der Waals surface area contributed by atoms with E-state index in [0.717, 1.165) is 51.0 Å². The quantitative estimate of drug-likeness (QED) is 0.178. The number of hydrogen-bond acceptors (Lipinski definition) is 3. The maximum absolute atomic E-state index is 13.3. The minimum atomic E-state index is -1.51. The maximum Gasteiger partial charge on any atom is 0.283 e. The number of halogens is 2. The highest BCUT2D eigenvalue weighted by Crippen LogP contribution is 2.31. The van der Waals surface area contributed by atoms with Crippen LogP contribution in [0.15, 0.2) is 18.2 Å². The van der Waals surface area contributed by atoms with E-state index < -0.39 is 17.6 Å². The van der Waals surface area contributed by atoms with Crippen LogP contribution >= 0.6 is 0 Å². The number of ether oxygens (including phenoxy) is 2. The van der Waals surface area contributed by atoms with Gasteiger partial charge in [0.05, 0.1) is 0 Å². The lowest BCUT2D eigenvalue weighted by Crippen LogP contribution is -2.44. The van der Waals surface area contributed by atoms with E-state index >= 15 is 0 Å². The Kier molecular flexibility index (Phi) is 15.0. The number of hydrogen-bond donors (Lipinski definition) is 1. The molecule has 0 fully saturated rings. The van der Waals surface area contributed by atoms with Crippen LogP contribution in [0.3, 0.4) is 0 Å². The van der Waals surface area contributed by atoms with E-state index in [0.29, 0.717) is 25.2 Å². The Morgan fingerprint density at radius 1 is 0.742 bits per heavy atom. The molecule has 0 aliphatic rings. The second kappa shape index (κ2) is 16.6. The van der Waals surface area contributed by atoms with Gasteiger partial charge in [0.1, 0.15) is 11.6 Å². The van der Waals surface area contributed by atoms with Gasteiger partial charge in [-0.05, 0) is 57.2 Å². The van der Waals surface area contributed by atoms with E-state index in [4.69, 9.17) is 9.47 Å². The average molecular weight is 443 g/mol. The molecule has 0 aromatic heterocycles. The van der Waals surface area contributed by atoms with Crippen molar-refractivity contribution in [2.45, 2.75) is 110 Å². The van der Waals surface area contributed by atoms with Crippen molar-refractivity contribution in [3.05, 3.63) is 35.4 Å². The van der Waals surface area contributed by atoms with E-state index in [1.165, 1.54) is 44.2 Å². The van der Waals surface area contributed by atoms with E-state index in [-0.39, 0.29) is 5.92 Å². The molecule has 1 rings (SSSR count). The molecule has 1 aromatic carbocycles. The fourth-order valence-corrected chi connectivity index (χ4v) is 4.20. The van der Waals surface area contributed by atoms with Crippen LogP contribution in [0, 0.1) is 17.6 Å². The van der Waals surface area contributed by atoms with Gasteiger partial charge in [-0.25, -0.2) is 8.78 Å².